The van der Waals surface area contributed by atoms with Gasteiger partial charge in [0.25, 0.3) is 11.8 Å². The lowest BCUT2D eigenvalue weighted by Gasteiger charge is -2.41. The van der Waals surface area contributed by atoms with Gasteiger partial charge in [0.2, 0.25) is 5.91 Å². The van der Waals surface area contributed by atoms with Crippen LogP contribution >= 0.6 is 0 Å². The predicted molar refractivity (Wildman–Crippen MR) is 130 cm³/mol. The third kappa shape index (κ3) is 5.45. The van der Waals surface area contributed by atoms with Crippen molar-refractivity contribution in [1.82, 2.24) is 30.2 Å². The Kier molecular flexibility index (Phi) is 7.91. The minimum atomic E-state index is -1.05. The number of nitrogens with zero attached hydrogens (tertiary/aromatic N) is 4. The van der Waals surface area contributed by atoms with Gasteiger partial charge in [-0.1, -0.05) is 32.1 Å². The van der Waals surface area contributed by atoms with Crippen LogP contribution in [0, 0.1) is 0 Å². The Morgan fingerprint density at radius 1 is 1.09 bits per heavy atom. The number of hydrogen-bond donors (Lipinski definition) is 2. The highest BCUT2D eigenvalue weighted by molar-refractivity contribution is 6.01. The van der Waals surface area contributed by atoms with Crippen LogP contribution in [-0.2, 0) is 11.3 Å². The largest absolute Gasteiger partial charge is 0.351 e. The highest BCUT2D eigenvalue weighted by Crippen LogP contribution is 2.27. The van der Waals surface area contributed by atoms with Crippen molar-refractivity contribution < 1.29 is 14.4 Å². The summed E-state index contributed by atoms with van der Waals surface area (Å²) in [5, 5.41) is 10.5. The topological polar surface area (TPSA) is 99.6 Å². The van der Waals surface area contributed by atoms with Gasteiger partial charge < -0.3 is 20.4 Å². The van der Waals surface area contributed by atoms with Crippen LogP contribution in [0.4, 0.5) is 0 Å². The molecule has 4 rings (SSSR count). The lowest BCUT2D eigenvalue weighted by atomic mass is 9.92. The zero-order valence-corrected chi connectivity index (χ0v) is 20.8. The lowest BCUT2D eigenvalue weighted by molar-refractivity contribution is -0.133. The van der Waals surface area contributed by atoms with Crippen molar-refractivity contribution in [2.45, 2.75) is 89.3 Å². The Labute approximate surface area is 202 Å². The van der Waals surface area contributed by atoms with Gasteiger partial charge in [0.1, 0.15) is 11.2 Å². The molecule has 1 saturated carbocycles. The van der Waals surface area contributed by atoms with E-state index in [-0.39, 0.29) is 36.0 Å². The second-order valence-electron chi connectivity index (χ2n) is 10.4. The van der Waals surface area contributed by atoms with E-state index in [1.54, 1.807) is 20.0 Å². The highest BCUT2D eigenvalue weighted by Gasteiger charge is 2.46. The second kappa shape index (κ2) is 10.9. The maximum Gasteiger partial charge on any atom is 0.272 e. The Morgan fingerprint density at radius 3 is 2.47 bits per heavy atom. The van der Waals surface area contributed by atoms with E-state index in [2.05, 4.69) is 20.6 Å². The smallest absolute Gasteiger partial charge is 0.272 e. The summed E-state index contributed by atoms with van der Waals surface area (Å²) in [6, 6.07) is 1.71. The van der Waals surface area contributed by atoms with E-state index >= 15 is 0 Å². The van der Waals surface area contributed by atoms with Crippen molar-refractivity contribution in [3.63, 3.8) is 0 Å². The Morgan fingerprint density at radius 2 is 1.76 bits per heavy atom. The zero-order chi connectivity index (χ0) is 24.1. The molecule has 9 heteroatoms. The quantitative estimate of drug-likeness (QED) is 0.593. The summed E-state index contributed by atoms with van der Waals surface area (Å²) < 4.78 is 1.52. The monoisotopic (exact) mass is 472 g/mol. The zero-order valence-electron chi connectivity index (χ0n) is 20.8. The average molecular weight is 473 g/mol. The third-order valence-electron chi connectivity index (χ3n) is 7.80. The molecular weight excluding hydrogens is 432 g/mol. The van der Waals surface area contributed by atoms with Gasteiger partial charge in [-0.2, -0.15) is 5.10 Å². The number of amides is 3. The SMILES string of the molecule is CN1C(=O)c2cc(C(=O)NCCCN3CCCCCC3)nn2C[C@]1(C)C(=O)NC1CCCCC1. The molecule has 1 saturated heterocycles. The minimum absolute atomic E-state index is 0.157. The number of carbonyl (C=O) groups is 3. The van der Waals surface area contributed by atoms with Crippen molar-refractivity contribution >= 4 is 17.7 Å². The van der Waals surface area contributed by atoms with Gasteiger partial charge in [0, 0.05) is 25.7 Å². The summed E-state index contributed by atoms with van der Waals surface area (Å²) in [7, 11) is 1.65. The molecule has 0 unspecified atom stereocenters. The van der Waals surface area contributed by atoms with Crippen LogP contribution in [0.25, 0.3) is 0 Å². The third-order valence-corrected chi connectivity index (χ3v) is 7.80. The molecular formula is C25H40N6O3. The molecule has 0 radical (unpaired) electrons. The van der Waals surface area contributed by atoms with Crippen LogP contribution < -0.4 is 10.6 Å². The first-order chi connectivity index (χ1) is 16.4. The Balaban J connectivity index is 1.34. The fraction of sp³-hybridized carbons (Fsp3) is 0.760. The molecule has 2 aliphatic heterocycles. The molecule has 3 heterocycles. The van der Waals surface area contributed by atoms with Crippen molar-refractivity contribution in [1.29, 1.82) is 0 Å². The molecule has 2 N–H and O–H groups in total. The van der Waals surface area contributed by atoms with Gasteiger partial charge in [-0.15, -0.1) is 0 Å². The molecule has 0 spiro atoms. The van der Waals surface area contributed by atoms with Gasteiger partial charge >= 0.3 is 0 Å². The fourth-order valence-electron chi connectivity index (χ4n) is 5.38. The first kappa shape index (κ1) is 24.7. The van der Waals surface area contributed by atoms with E-state index in [0.717, 1.165) is 51.7 Å². The number of likely N-dealkylation sites (N-methyl/N-ethyl adjacent to an activating group) is 1. The molecule has 3 amide bonds. The van der Waals surface area contributed by atoms with Gasteiger partial charge in [-0.25, -0.2) is 0 Å². The van der Waals surface area contributed by atoms with Crippen molar-refractivity contribution in [2.24, 2.45) is 0 Å². The van der Waals surface area contributed by atoms with E-state index in [0.29, 0.717) is 12.2 Å². The number of aromatic nitrogens is 2. The number of rotatable bonds is 7. The van der Waals surface area contributed by atoms with E-state index in [1.165, 1.54) is 41.7 Å². The van der Waals surface area contributed by atoms with E-state index < -0.39 is 5.54 Å². The predicted octanol–water partition coefficient (Wildman–Crippen LogP) is 2.17. The van der Waals surface area contributed by atoms with E-state index in [1.807, 2.05) is 0 Å². The minimum Gasteiger partial charge on any atom is -0.351 e. The molecule has 2 fully saturated rings. The highest BCUT2D eigenvalue weighted by atomic mass is 16.2. The summed E-state index contributed by atoms with van der Waals surface area (Å²) in [5.41, 5.74) is -0.474. The molecule has 34 heavy (non-hydrogen) atoms. The van der Waals surface area contributed by atoms with E-state index in [9.17, 15) is 14.4 Å². The molecule has 188 valence electrons. The lowest BCUT2D eigenvalue weighted by Crippen LogP contribution is -2.63. The summed E-state index contributed by atoms with van der Waals surface area (Å²) in [4.78, 5) is 42.9. The van der Waals surface area contributed by atoms with Gasteiger partial charge in [0.05, 0.1) is 6.54 Å². The normalized spacial score (nSPS) is 24.4. The first-order valence-corrected chi connectivity index (χ1v) is 13.1. The number of nitrogens with one attached hydrogen (secondary N) is 2. The number of hydrogen-bond acceptors (Lipinski definition) is 5. The molecule has 9 nitrogen and oxygen atoms in total. The molecule has 0 bridgehead atoms. The van der Waals surface area contributed by atoms with Crippen LogP contribution in [0.5, 0.6) is 0 Å². The van der Waals surface area contributed by atoms with Crippen LogP contribution in [-0.4, -0.2) is 82.1 Å². The van der Waals surface area contributed by atoms with Crippen molar-refractivity contribution in [3.05, 3.63) is 17.5 Å². The summed E-state index contributed by atoms with van der Waals surface area (Å²) in [6.45, 7) is 5.85. The molecule has 3 aliphatic rings. The summed E-state index contributed by atoms with van der Waals surface area (Å²) in [6.07, 6.45) is 11.4. The molecule has 0 aromatic carbocycles. The number of carbonyl (C=O) groups excluding carboxylic acids is 3. The van der Waals surface area contributed by atoms with Crippen LogP contribution in [0.1, 0.15) is 92.1 Å². The van der Waals surface area contributed by atoms with Gasteiger partial charge in [-0.3, -0.25) is 19.1 Å². The maximum atomic E-state index is 13.2. The van der Waals surface area contributed by atoms with Gasteiger partial charge in [-0.05, 0) is 58.7 Å². The Bertz CT molecular complexity index is 885. The van der Waals surface area contributed by atoms with Crippen molar-refractivity contribution in [2.75, 3.05) is 33.2 Å². The molecule has 1 aromatic rings. The average Bonchev–Trinajstić information content (AvgIpc) is 3.08. The van der Waals surface area contributed by atoms with Crippen molar-refractivity contribution in [3.8, 4) is 0 Å². The van der Waals surface area contributed by atoms with Crippen LogP contribution in [0.3, 0.4) is 0 Å². The van der Waals surface area contributed by atoms with Gasteiger partial charge in [0.15, 0.2) is 5.69 Å². The second-order valence-corrected chi connectivity index (χ2v) is 10.4. The van der Waals surface area contributed by atoms with E-state index in [4.69, 9.17) is 0 Å². The molecule has 1 aliphatic carbocycles. The molecule has 1 aromatic heterocycles. The summed E-state index contributed by atoms with van der Waals surface area (Å²) >= 11 is 0. The number of fused-ring (bicyclic) bond motifs is 1. The molecule has 1 atom stereocenters. The number of likely N-dealkylation sites (tertiary alicyclic amines) is 1. The fourth-order valence-corrected chi connectivity index (χ4v) is 5.38. The first-order valence-electron chi connectivity index (χ1n) is 13.1. The maximum absolute atomic E-state index is 13.2. The standard InChI is InChI=1S/C25H40N6O3/c1-25(24(34)27-19-11-6-5-7-12-19)18-31-21(23(33)29(25)2)17-20(28-31)22(32)26-13-10-16-30-14-8-3-4-9-15-30/h17,19H,3-16,18H2,1-2H3,(H,26,32)(H,27,34)/t25-/m1/s1. The van der Waals surface area contributed by atoms with Crippen LogP contribution in [0.2, 0.25) is 0 Å². The Hall–Kier alpha value is -2.42. The summed E-state index contributed by atoms with van der Waals surface area (Å²) in [5.74, 6) is -0.724. The van der Waals surface area contributed by atoms with Crippen LogP contribution in [0.15, 0.2) is 6.07 Å².